The fourth-order valence-corrected chi connectivity index (χ4v) is 4.60. The van der Waals surface area contributed by atoms with Crippen LogP contribution in [0.15, 0.2) is 65.2 Å². The van der Waals surface area contributed by atoms with E-state index in [0.29, 0.717) is 17.2 Å². The highest BCUT2D eigenvalue weighted by Gasteiger charge is 2.42. The minimum Gasteiger partial charge on any atom is -0.463 e. The van der Waals surface area contributed by atoms with Gasteiger partial charge in [-0.05, 0) is 24.6 Å². The first-order valence-electron chi connectivity index (χ1n) is 8.52. The van der Waals surface area contributed by atoms with Gasteiger partial charge in [0.15, 0.2) is 0 Å². The smallest absolute Gasteiger partial charge is 0.337 e. The molecule has 0 amide bonds. The second-order valence-corrected chi connectivity index (χ2v) is 7.25. The summed E-state index contributed by atoms with van der Waals surface area (Å²) in [6, 6.07) is 17.8. The van der Waals surface area contributed by atoms with Crippen molar-refractivity contribution in [1.82, 2.24) is 9.97 Å². The lowest BCUT2D eigenvalue weighted by Gasteiger charge is -2.20. The van der Waals surface area contributed by atoms with Crippen LogP contribution < -0.4 is 5.73 Å². The summed E-state index contributed by atoms with van der Waals surface area (Å²) in [6.45, 7) is 2.11. The Balaban J connectivity index is 1.80. The molecule has 26 heavy (non-hydrogen) atoms. The Morgan fingerprint density at radius 1 is 1.19 bits per heavy atom. The monoisotopic (exact) mass is 365 g/mol. The number of ether oxygens (including phenoxy) is 1. The van der Waals surface area contributed by atoms with Gasteiger partial charge in [-0.2, -0.15) is 0 Å². The lowest BCUT2D eigenvalue weighted by atomic mass is 9.88. The second-order valence-electron chi connectivity index (χ2n) is 6.06. The lowest BCUT2D eigenvalue weighted by molar-refractivity contribution is -0.138. The average Bonchev–Trinajstić information content (AvgIpc) is 3.23. The lowest BCUT2D eigenvalue weighted by Crippen LogP contribution is -2.17. The van der Waals surface area contributed by atoms with Gasteiger partial charge in [0.25, 0.3) is 0 Å². The molecule has 0 fully saturated rings. The normalized spacial score (nSPS) is 19.9. The summed E-state index contributed by atoms with van der Waals surface area (Å²) in [4.78, 5) is 20.7. The first-order chi connectivity index (χ1) is 12.7. The van der Waals surface area contributed by atoms with Crippen molar-refractivity contribution in [1.29, 1.82) is 0 Å². The number of carbonyl (C=O) groups excluding carboxylic acids is 1. The van der Waals surface area contributed by atoms with Crippen molar-refractivity contribution >= 4 is 28.8 Å². The summed E-state index contributed by atoms with van der Waals surface area (Å²) in [6.07, 6.45) is 0. The number of thioether (sulfide) groups is 1. The number of hydrogen-bond donors (Lipinski definition) is 2. The second kappa shape index (κ2) is 6.88. The van der Waals surface area contributed by atoms with E-state index in [0.717, 1.165) is 22.4 Å². The Morgan fingerprint density at radius 2 is 1.92 bits per heavy atom. The summed E-state index contributed by atoms with van der Waals surface area (Å²) in [5.41, 5.74) is 9.68. The molecule has 2 atom stereocenters. The number of H-pyrrole nitrogens is 1. The maximum absolute atomic E-state index is 12.6. The molecular weight excluding hydrogens is 346 g/mol. The number of aromatic nitrogens is 2. The molecule has 4 rings (SSSR count). The Hall–Kier alpha value is -2.73. The van der Waals surface area contributed by atoms with Gasteiger partial charge in [-0.1, -0.05) is 54.2 Å². The molecule has 0 saturated carbocycles. The van der Waals surface area contributed by atoms with Crippen molar-refractivity contribution in [2.75, 3.05) is 6.61 Å². The number of nitrogens with one attached hydrogen (secondary N) is 1. The van der Waals surface area contributed by atoms with Crippen LogP contribution in [0, 0.1) is 0 Å². The zero-order valence-electron chi connectivity index (χ0n) is 14.3. The molecule has 2 aromatic carbocycles. The van der Waals surface area contributed by atoms with Gasteiger partial charge in [-0.15, -0.1) is 0 Å². The number of nitrogens with two attached hydrogens (primary N) is 1. The number of rotatable bonds is 4. The van der Waals surface area contributed by atoms with Crippen molar-refractivity contribution < 1.29 is 9.53 Å². The molecule has 6 heteroatoms. The minimum atomic E-state index is -0.357. The number of hydrogen-bond acceptors (Lipinski definition) is 5. The SMILES string of the molecule is CCOC(=O)C1=C(N)S[C@H](c2nc3ccccc3[nH]2)[C@@H]1c1ccccc1. The van der Waals surface area contributed by atoms with E-state index >= 15 is 0 Å². The summed E-state index contributed by atoms with van der Waals surface area (Å²) >= 11 is 1.46. The van der Waals surface area contributed by atoms with Crippen LogP contribution in [-0.4, -0.2) is 22.5 Å². The molecule has 2 heterocycles. The van der Waals surface area contributed by atoms with Gasteiger partial charge in [0.05, 0.1) is 33.5 Å². The fourth-order valence-electron chi connectivity index (χ4n) is 3.33. The molecular formula is C20H19N3O2S. The number of benzene rings is 2. The van der Waals surface area contributed by atoms with E-state index in [-0.39, 0.29) is 17.1 Å². The van der Waals surface area contributed by atoms with E-state index in [1.165, 1.54) is 11.8 Å². The van der Waals surface area contributed by atoms with Crippen LogP contribution in [0.5, 0.6) is 0 Å². The number of fused-ring (bicyclic) bond motifs is 1. The summed E-state index contributed by atoms with van der Waals surface area (Å²) in [5.74, 6) is 0.248. The third-order valence-corrected chi connectivity index (χ3v) is 5.69. The molecule has 3 aromatic rings. The molecule has 0 unspecified atom stereocenters. The van der Waals surface area contributed by atoms with Gasteiger partial charge < -0.3 is 15.5 Å². The van der Waals surface area contributed by atoms with Gasteiger partial charge in [0.2, 0.25) is 0 Å². The average molecular weight is 365 g/mol. The first kappa shape index (κ1) is 16.7. The van der Waals surface area contributed by atoms with Crippen LogP contribution in [0.3, 0.4) is 0 Å². The summed E-state index contributed by atoms with van der Waals surface area (Å²) in [7, 11) is 0. The predicted octanol–water partition coefficient (Wildman–Crippen LogP) is 3.87. The standard InChI is InChI=1S/C20H19N3O2S/c1-2-25-20(24)16-15(12-8-4-3-5-9-12)17(26-18(16)21)19-22-13-10-6-7-11-14(13)23-19/h3-11,15,17H,2,21H2,1H3,(H,22,23)/t15-,17+/m1/s1. The highest BCUT2D eigenvalue weighted by Crippen LogP contribution is 2.54. The maximum atomic E-state index is 12.6. The molecule has 0 radical (unpaired) electrons. The van der Waals surface area contributed by atoms with E-state index < -0.39 is 0 Å². The van der Waals surface area contributed by atoms with Crippen LogP contribution >= 0.6 is 11.8 Å². The van der Waals surface area contributed by atoms with Crippen LogP contribution in [0.2, 0.25) is 0 Å². The molecule has 1 aliphatic heterocycles. The van der Waals surface area contributed by atoms with Crippen molar-refractivity contribution in [2.45, 2.75) is 18.1 Å². The number of aromatic amines is 1. The topological polar surface area (TPSA) is 81.0 Å². The van der Waals surface area contributed by atoms with Crippen molar-refractivity contribution in [3.05, 3.63) is 76.6 Å². The van der Waals surface area contributed by atoms with E-state index in [1.807, 2.05) is 54.6 Å². The number of carbonyl (C=O) groups is 1. The molecule has 132 valence electrons. The van der Waals surface area contributed by atoms with Gasteiger partial charge >= 0.3 is 5.97 Å². The van der Waals surface area contributed by atoms with Crippen LogP contribution in [0.4, 0.5) is 0 Å². The molecule has 1 aromatic heterocycles. The fraction of sp³-hybridized carbons (Fsp3) is 0.200. The maximum Gasteiger partial charge on any atom is 0.337 e. The Morgan fingerprint density at radius 3 is 2.65 bits per heavy atom. The molecule has 0 bridgehead atoms. The molecule has 5 nitrogen and oxygen atoms in total. The molecule has 0 aliphatic carbocycles. The summed E-state index contributed by atoms with van der Waals surface area (Å²) < 4.78 is 5.27. The highest BCUT2D eigenvalue weighted by molar-refractivity contribution is 8.03. The molecule has 0 spiro atoms. The quantitative estimate of drug-likeness (QED) is 0.686. The third kappa shape index (κ3) is 2.86. The van der Waals surface area contributed by atoms with Crippen LogP contribution in [-0.2, 0) is 9.53 Å². The van der Waals surface area contributed by atoms with Crippen molar-refractivity contribution in [3.63, 3.8) is 0 Å². The largest absolute Gasteiger partial charge is 0.463 e. The van der Waals surface area contributed by atoms with Gasteiger partial charge in [0.1, 0.15) is 5.82 Å². The number of esters is 1. The Bertz CT molecular complexity index is 948. The van der Waals surface area contributed by atoms with E-state index in [4.69, 9.17) is 15.5 Å². The first-order valence-corrected chi connectivity index (χ1v) is 9.40. The number of imidazole rings is 1. The molecule has 0 saturated heterocycles. The Labute approximate surface area is 155 Å². The summed E-state index contributed by atoms with van der Waals surface area (Å²) in [5, 5.41) is 0.395. The van der Waals surface area contributed by atoms with Gasteiger partial charge in [-0.25, -0.2) is 9.78 Å². The molecule has 3 N–H and O–H groups in total. The Kier molecular flexibility index (Phi) is 4.42. The van der Waals surface area contributed by atoms with Gasteiger partial charge in [-0.3, -0.25) is 0 Å². The minimum absolute atomic E-state index is 0.107. The number of para-hydroxylation sites is 2. The zero-order chi connectivity index (χ0) is 18.1. The van der Waals surface area contributed by atoms with Crippen molar-refractivity contribution in [2.24, 2.45) is 5.73 Å². The predicted molar refractivity (Wildman–Crippen MR) is 103 cm³/mol. The van der Waals surface area contributed by atoms with Crippen LogP contribution in [0.25, 0.3) is 11.0 Å². The zero-order valence-corrected chi connectivity index (χ0v) is 15.1. The van der Waals surface area contributed by atoms with Crippen molar-refractivity contribution in [3.8, 4) is 0 Å². The molecule has 1 aliphatic rings. The van der Waals surface area contributed by atoms with Crippen LogP contribution in [0.1, 0.15) is 29.5 Å². The van der Waals surface area contributed by atoms with E-state index in [9.17, 15) is 4.79 Å². The van der Waals surface area contributed by atoms with E-state index in [2.05, 4.69) is 4.98 Å². The number of nitrogens with zero attached hydrogens (tertiary/aromatic N) is 1. The van der Waals surface area contributed by atoms with E-state index in [1.54, 1.807) is 6.92 Å². The highest BCUT2D eigenvalue weighted by atomic mass is 32.2. The van der Waals surface area contributed by atoms with Gasteiger partial charge in [0, 0.05) is 5.92 Å². The third-order valence-electron chi connectivity index (χ3n) is 4.46.